The maximum Gasteiger partial charge on any atom is 0.408 e. The van der Waals surface area contributed by atoms with Crippen molar-refractivity contribution in [2.45, 2.75) is 39.3 Å². The van der Waals surface area contributed by atoms with Crippen LogP contribution >= 0.6 is 11.3 Å². The molecule has 2 aromatic rings. The Labute approximate surface area is 133 Å². The van der Waals surface area contributed by atoms with Crippen LogP contribution in [0.5, 0.6) is 5.06 Å². The number of esters is 1. The van der Waals surface area contributed by atoms with E-state index >= 15 is 0 Å². The number of amides is 1. The third-order valence-electron chi connectivity index (χ3n) is 2.69. The van der Waals surface area contributed by atoms with Crippen LogP contribution in [0.1, 0.15) is 27.7 Å². The fraction of sp³-hybridized carbons (Fsp3) is 0.375. The van der Waals surface area contributed by atoms with E-state index < -0.39 is 23.7 Å². The van der Waals surface area contributed by atoms with Crippen molar-refractivity contribution in [2.75, 3.05) is 0 Å². The Balaban J connectivity index is 1.95. The molecule has 118 valence electrons. The fourth-order valence-electron chi connectivity index (χ4n) is 1.74. The Morgan fingerprint density at radius 3 is 2.55 bits per heavy atom. The summed E-state index contributed by atoms with van der Waals surface area (Å²) in [5.74, 6) is -0.530. The highest BCUT2D eigenvalue weighted by Crippen LogP contribution is 2.31. The summed E-state index contributed by atoms with van der Waals surface area (Å²) in [5, 5.41) is 3.98. The van der Waals surface area contributed by atoms with Crippen molar-refractivity contribution >= 4 is 33.5 Å². The lowest BCUT2D eigenvalue weighted by atomic mass is 10.2. The average molecular weight is 321 g/mol. The second-order valence-electron chi connectivity index (χ2n) is 5.89. The molecular formula is C16H19NO4S. The van der Waals surface area contributed by atoms with E-state index in [4.69, 9.17) is 9.47 Å². The lowest BCUT2D eigenvalue weighted by Gasteiger charge is -2.21. The van der Waals surface area contributed by atoms with E-state index in [0.717, 1.165) is 10.1 Å². The van der Waals surface area contributed by atoms with Crippen molar-refractivity contribution in [2.24, 2.45) is 0 Å². The van der Waals surface area contributed by atoms with Crippen molar-refractivity contribution in [1.29, 1.82) is 0 Å². The number of benzene rings is 1. The molecule has 0 spiro atoms. The molecule has 5 nitrogen and oxygen atoms in total. The normalized spacial score (nSPS) is 12.7. The van der Waals surface area contributed by atoms with E-state index in [1.165, 1.54) is 11.3 Å². The molecule has 1 N–H and O–H groups in total. The maximum atomic E-state index is 12.0. The van der Waals surface area contributed by atoms with E-state index in [0.29, 0.717) is 5.06 Å². The number of carbonyl (C=O) groups is 2. The first-order chi connectivity index (χ1) is 10.2. The predicted molar refractivity (Wildman–Crippen MR) is 86.3 cm³/mol. The molecule has 0 saturated carbocycles. The van der Waals surface area contributed by atoms with Gasteiger partial charge < -0.3 is 14.8 Å². The fourth-order valence-corrected chi connectivity index (χ4v) is 2.66. The first-order valence-electron chi connectivity index (χ1n) is 6.94. The smallest absolute Gasteiger partial charge is 0.408 e. The molecule has 0 saturated heterocycles. The van der Waals surface area contributed by atoms with Crippen LogP contribution in [0.4, 0.5) is 4.79 Å². The molecule has 0 aliphatic heterocycles. The SMILES string of the molecule is C[C@H](NC(=O)OC(C)(C)C)C(=O)Oc1cc2ccccc2s1. The molecule has 1 aromatic carbocycles. The summed E-state index contributed by atoms with van der Waals surface area (Å²) >= 11 is 1.38. The Bertz CT molecular complexity index is 654. The summed E-state index contributed by atoms with van der Waals surface area (Å²) in [6, 6.07) is 8.77. The molecule has 0 aliphatic rings. The highest BCUT2D eigenvalue weighted by molar-refractivity contribution is 7.20. The molecule has 22 heavy (non-hydrogen) atoms. The van der Waals surface area contributed by atoms with Gasteiger partial charge in [0.25, 0.3) is 0 Å². The summed E-state index contributed by atoms with van der Waals surface area (Å²) in [6.45, 7) is 6.83. The molecule has 1 amide bonds. The van der Waals surface area contributed by atoms with E-state index in [9.17, 15) is 9.59 Å². The standard InChI is InChI=1S/C16H19NO4S/c1-10(17-15(19)21-16(2,3)4)14(18)20-13-9-11-7-5-6-8-12(11)22-13/h5-10H,1-4H3,(H,17,19)/t10-/m0/s1. The van der Waals surface area contributed by atoms with Gasteiger partial charge in [-0.15, -0.1) is 0 Å². The maximum absolute atomic E-state index is 12.0. The molecule has 2 rings (SSSR count). The van der Waals surface area contributed by atoms with Crippen LogP contribution in [0.3, 0.4) is 0 Å². The van der Waals surface area contributed by atoms with Gasteiger partial charge in [-0.1, -0.05) is 29.5 Å². The number of hydrogen-bond donors (Lipinski definition) is 1. The van der Waals surface area contributed by atoms with E-state index in [1.54, 1.807) is 33.8 Å². The average Bonchev–Trinajstić information content (AvgIpc) is 2.78. The molecule has 0 aliphatic carbocycles. The van der Waals surface area contributed by atoms with Gasteiger partial charge >= 0.3 is 12.1 Å². The molecule has 1 aromatic heterocycles. The summed E-state index contributed by atoms with van der Waals surface area (Å²) < 4.78 is 11.4. The highest BCUT2D eigenvalue weighted by atomic mass is 32.1. The number of thiophene rings is 1. The van der Waals surface area contributed by atoms with Gasteiger partial charge in [0, 0.05) is 10.8 Å². The minimum atomic E-state index is -0.792. The number of carbonyl (C=O) groups excluding carboxylic acids is 2. The zero-order valence-corrected chi connectivity index (χ0v) is 13.8. The number of rotatable bonds is 3. The molecule has 1 heterocycles. The molecule has 0 unspecified atom stereocenters. The summed E-state index contributed by atoms with van der Waals surface area (Å²) in [7, 11) is 0. The van der Waals surface area contributed by atoms with Gasteiger partial charge in [0.15, 0.2) is 5.06 Å². The monoisotopic (exact) mass is 321 g/mol. The molecular weight excluding hydrogens is 302 g/mol. The van der Waals surface area contributed by atoms with Crippen LogP contribution in [0.25, 0.3) is 10.1 Å². The third-order valence-corrected chi connectivity index (χ3v) is 3.68. The van der Waals surface area contributed by atoms with E-state index in [1.807, 2.05) is 24.3 Å². The lowest BCUT2D eigenvalue weighted by molar-refractivity contribution is -0.136. The third kappa shape index (κ3) is 4.46. The molecule has 0 bridgehead atoms. The van der Waals surface area contributed by atoms with Crippen molar-refractivity contribution < 1.29 is 19.1 Å². The Morgan fingerprint density at radius 1 is 1.23 bits per heavy atom. The first-order valence-corrected chi connectivity index (χ1v) is 7.76. The van der Waals surface area contributed by atoms with Gasteiger partial charge in [-0.05, 0) is 39.1 Å². The summed E-state index contributed by atoms with van der Waals surface area (Å²) in [5.41, 5.74) is -0.612. The molecule has 6 heteroatoms. The summed E-state index contributed by atoms with van der Waals surface area (Å²) in [6.07, 6.45) is -0.645. The van der Waals surface area contributed by atoms with Gasteiger partial charge in [-0.2, -0.15) is 0 Å². The number of nitrogens with one attached hydrogen (secondary N) is 1. The Hall–Kier alpha value is -2.08. The van der Waals surface area contributed by atoms with Crippen molar-refractivity contribution in [1.82, 2.24) is 5.32 Å². The largest absolute Gasteiger partial charge is 0.444 e. The van der Waals surface area contributed by atoms with Crippen molar-refractivity contribution in [3.63, 3.8) is 0 Å². The van der Waals surface area contributed by atoms with Gasteiger partial charge in [-0.3, -0.25) is 0 Å². The minimum Gasteiger partial charge on any atom is -0.444 e. The van der Waals surface area contributed by atoms with Crippen molar-refractivity contribution in [3.05, 3.63) is 30.3 Å². The van der Waals surface area contributed by atoms with Gasteiger partial charge in [0.05, 0.1) is 0 Å². The quantitative estimate of drug-likeness (QED) is 0.875. The van der Waals surface area contributed by atoms with E-state index in [2.05, 4.69) is 5.32 Å². The molecule has 0 radical (unpaired) electrons. The Kier molecular flexibility index (Phi) is 4.71. The topological polar surface area (TPSA) is 64.6 Å². The highest BCUT2D eigenvalue weighted by Gasteiger charge is 2.22. The van der Waals surface area contributed by atoms with E-state index in [-0.39, 0.29) is 0 Å². The van der Waals surface area contributed by atoms with Crippen molar-refractivity contribution in [3.8, 4) is 5.06 Å². The van der Waals surface area contributed by atoms with Crippen LogP contribution < -0.4 is 10.1 Å². The number of hydrogen-bond acceptors (Lipinski definition) is 5. The predicted octanol–water partition coefficient (Wildman–Crippen LogP) is 3.72. The van der Waals surface area contributed by atoms with Gasteiger partial charge in [0.2, 0.25) is 0 Å². The molecule has 0 fully saturated rings. The Morgan fingerprint density at radius 2 is 1.91 bits per heavy atom. The first kappa shape index (κ1) is 16.3. The number of alkyl carbamates (subject to hydrolysis) is 1. The van der Waals surface area contributed by atoms with Gasteiger partial charge in [0.1, 0.15) is 11.6 Å². The van der Waals surface area contributed by atoms with Gasteiger partial charge in [-0.25, -0.2) is 9.59 Å². The van der Waals surface area contributed by atoms with Crippen LogP contribution in [0, 0.1) is 0 Å². The van der Waals surface area contributed by atoms with Crippen LogP contribution in [-0.2, 0) is 9.53 Å². The second kappa shape index (κ2) is 6.36. The zero-order valence-electron chi connectivity index (χ0n) is 13.0. The number of ether oxygens (including phenoxy) is 2. The zero-order chi connectivity index (χ0) is 16.3. The molecule has 1 atom stereocenters. The second-order valence-corrected chi connectivity index (χ2v) is 6.94. The van der Waals surface area contributed by atoms with Crippen LogP contribution in [-0.4, -0.2) is 23.7 Å². The van der Waals surface area contributed by atoms with Crippen LogP contribution in [0.15, 0.2) is 30.3 Å². The van der Waals surface area contributed by atoms with Crippen LogP contribution in [0.2, 0.25) is 0 Å². The summed E-state index contributed by atoms with van der Waals surface area (Å²) in [4.78, 5) is 23.6. The number of fused-ring (bicyclic) bond motifs is 1. The lowest BCUT2D eigenvalue weighted by Crippen LogP contribution is -2.43. The minimum absolute atomic E-state index is 0.504.